The Balaban J connectivity index is 1.32. The van der Waals surface area contributed by atoms with Crippen molar-refractivity contribution in [2.24, 2.45) is 11.8 Å². The Hall–Kier alpha value is -1.43. The standard InChI is InChI=1S/C17H21N3OS/c1-2-5-18-17(3-1)19-7-14-11-21-16-10-20(9-15(14)16)8-13-4-6-22-12-13/h1-6,12,14-16H,7-11H2,(H,18,19)/t14-,15+,16+/m1/s1. The van der Waals surface area contributed by atoms with Crippen LogP contribution in [0.5, 0.6) is 0 Å². The van der Waals surface area contributed by atoms with Crippen LogP contribution in [0.3, 0.4) is 0 Å². The maximum Gasteiger partial charge on any atom is 0.125 e. The molecule has 0 unspecified atom stereocenters. The zero-order valence-electron chi connectivity index (χ0n) is 12.5. The van der Waals surface area contributed by atoms with Gasteiger partial charge in [-0.1, -0.05) is 6.07 Å². The summed E-state index contributed by atoms with van der Waals surface area (Å²) in [5, 5.41) is 7.85. The highest BCUT2D eigenvalue weighted by Crippen LogP contribution is 2.34. The summed E-state index contributed by atoms with van der Waals surface area (Å²) in [5.74, 6) is 2.19. The van der Waals surface area contributed by atoms with E-state index in [4.69, 9.17) is 4.74 Å². The Kier molecular flexibility index (Phi) is 4.10. The van der Waals surface area contributed by atoms with Crippen LogP contribution in [0.1, 0.15) is 5.56 Å². The molecule has 0 radical (unpaired) electrons. The highest BCUT2D eigenvalue weighted by molar-refractivity contribution is 7.07. The zero-order chi connectivity index (χ0) is 14.8. The molecule has 3 atom stereocenters. The summed E-state index contributed by atoms with van der Waals surface area (Å²) in [6.45, 7) is 5.10. The number of rotatable bonds is 5. The largest absolute Gasteiger partial charge is 0.376 e. The predicted octanol–water partition coefficient (Wildman–Crippen LogP) is 2.70. The third-order valence-electron chi connectivity index (χ3n) is 4.71. The summed E-state index contributed by atoms with van der Waals surface area (Å²) in [5.41, 5.74) is 1.42. The Bertz CT molecular complexity index is 589. The fourth-order valence-electron chi connectivity index (χ4n) is 3.56. The second kappa shape index (κ2) is 6.36. The third-order valence-corrected chi connectivity index (χ3v) is 5.44. The molecule has 116 valence electrons. The van der Waals surface area contributed by atoms with Crippen LogP contribution in [-0.2, 0) is 11.3 Å². The number of likely N-dealkylation sites (tertiary alicyclic amines) is 1. The quantitative estimate of drug-likeness (QED) is 0.920. The van der Waals surface area contributed by atoms with Gasteiger partial charge in [0.25, 0.3) is 0 Å². The number of nitrogens with zero attached hydrogens (tertiary/aromatic N) is 2. The van der Waals surface area contributed by atoms with E-state index in [0.29, 0.717) is 17.9 Å². The van der Waals surface area contributed by atoms with E-state index < -0.39 is 0 Å². The topological polar surface area (TPSA) is 37.4 Å². The highest BCUT2D eigenvalue weighted by atomic mass is 32.1. The van der Waals surface area contributed by atoms with Crippen molar-refractivity contribution in [1.29, 1.82) is 0 Å². The van der Waals surface area contributed by atoms with Gasteiger partial charge >= 0.3 is 0 Å². The van der Waals surface area contributed by atoms with Gasteiger partial charge in [-0.15, -0.1) is 0 Å². The van der Waals surface area contributed by atoms with Gasteiger partial charge < -0.3 is 10.1 Å². The SMILES string of the molecule is c1ccc(NC[C@@H]2CO[C@H]3CN(Cc4ccsc4)C[C@@H]23)nc1. The Morgan fingerprint density at radius 1 is 1.32 bits per heavy atom. The highest BCUT2D eigenvalue weighted by Gasteiger charge is 2.43. The number of hydrogen-bond donors (Lipinski definition) is 1. The molecule has 22 heavy (non-hydrogen) atoms. The second-order valence-electron chi connectivity index (χ2n) is 6.22. The van der Waals surface area contributed by atoms with Crippen LogP contribution in [0, 0.1) is 11.8 Å². The lowest BCUT2D eigenvalue weighted by Crippen LogP contribution is -2.27. The first kappa shape index (κ1) is 14.2. The average Bonchev–Trinajstić information content (AvgIpc) is 3.25. The summed E-state index contributed by atoms with van der Waals surface area (Å²) < 4.78 is 6.03. The van der Waals surface area contributed by atoms with E-state index in [9.17, 15) is 0 Å². The number of aromatic nitrogens is 1. The molecule has 2 aliphatic rings. The Morgan fingerprint density at radius 2 is 2.32 bits per heavy atom. The number of nitrogens with one attached hydrogen (secondary N) is 1. The first-order valence-electron chi connectivity index (χ1n) is 7.88. The van der Waals surface area contributed by atoms with E-state index in [1.807, 2.05) is 24.4 Å². The summed E-state index contributed by atoms with van der Waals surface area (Å²) in [6, 6.07) is 8.20. The molecule has 2 aliphatic heterocycles. The number of hydrogen-bond acceptors (Lipinski definition) is 5. The molecule has 2 fully saturated rings. The van der Waals surface area contributed by atoms with Gasteiger partial charge in [-0.2, -0.15) is 11.3 Å². The Morgan fingerprint density at radius 3 is 3.14 bits per heavy atom. The first-order valence-corrected chi connectivity index (χ1v) is 8.83. The minimum absolute atomic E-state index is 0.411. The molecule has 1 N–H and O–H groups in total. The lowest BCUT2D eigenvalue weighted by atomic mass is 9.93. The molecule has 5 heteroatoms. The minimum Gasteiger partial charge on any atom is -0.376 e. The number of ether oxygens (including phenoxy) is 1. The Labute approximate surface area is 135 Å². The van der Waals surface area contributed by atoms with Crippen LogP contribution < -0.4 is 5.32 Å². The molecule has 0 saturated carbocycles. The summed E-state index contributed by atoms with van der Waals surface area (Å²) in [4.78, 5) is 6.86. The number of fused-ring (bicyclic) bond motifs is 1. The molecule has 0 amide bonds. The van der Waals surface area contributed by atoms with Gasteiger partial charge in [0.15, 0.2) is 0 Å². The van der Waals surface area contributed by atoms with Gasteiger partial charge in [0.05, 0.1) is 12.7 Å². The summed E-state index contributed by atoms with van der Waals surface area (Å²) in [7, 11) is 0. The molecule has 4 heterocycles. The van der Waals surface area contributed by atoms with E-state index in [-0.39, 0.29) is 0 Å². The summed E-state index contributed by atoms with van der Waals surface area (Å²) in [6.07, 6.45) is 2.24. The van der Waals surface area contributed by atoms with E-state index in [0.717, 1.165) is 38.6 Å². The molecule has 0 spiro atoms. The molecule has 4 nitrogen and oxygen atoms in total. The molecule has 2 saturated heterocycles. The van der Waals surface area contributed by atoms with Gasteiger partial charge in [-0.25, -0.2) is 4.98 Å². The smallest absolute Gasteiger partial charge is 0.125 e. The van der Waals surface area contributed by atoms with Gasteiger partial charge in [-0.05, 0) is 34.5 Å². The van der Waals surface area contributed by atoms with Crippen LogP contribution in [-0.4, -0.2) is 42.2 Å². The second-order valence-corrected chi connectivity index (χ2v) is 7.00. The van der Waals surface area contributed by atoms with Gasteiger partial charge in [0, 0.05) is 44.2 Å². The van der Waals surface area contributed by atoms with Crippen molar-refractivity contribution < 1.29 is 4.74 Å². The zero-order valence-corrected chi connectivity index (χ0v) is 13.3. The van der Waals surface area contributed by atoms with Gasteiger partial charge in [-0.3, -0.25) is 4.90 Å². The van der Waals surface area contributed by atoms with Crippen LogP contribution in [0.25, 0.3) is 0 Å². The van der Waals surface area contributed by atoms with Crippen LogP contribution in [0.15, 0.2) is 41.2 Å². The van der Waals surface area contributed by atoms with E-state index in [1.54, 1.807) is 11.3 Å². The third kappa shape index (κ3) is 3.02. The van der Waals surface area contributed by atoms with E-state index in [2.05, 4.69) is 32.0 Å². The van der Waals surface area contributed by atoms with Crippen molar-refractivity contribution in [3.8, 4) is 0 Å². The molecule has 0 aliphatic carbocycles. The normalized spacial score (nSPS) is 27.9. The lowest BCUT2D eigenvalue weighted by Gasteiger charge is -2.19. The van der Waals surface area contributed by atoms with E-state index >= 15 is 0 Å². The molecule has 0 bridgehead atoms. The van der Waals surface area contributed by atoms with Crippen molar-refractivity contribution in [3.05, 3.63) is 46.8 Å². The van der Waals surface area contributed by atoms with Gasteiger partial charge in [0.2, 0.25) is 0 Å². The molecule has 4 rings (SSSR count). The molecule has 2 aromatic heterocycles. The fraction of sp³-hybridized carbons (Fsp3) is 0.471. The summed E-state index contributed by atoms with van der Waals surface area (Å²) >= 11 is 1.78. The first-order chi connectivity index (χ1) is 10.9. The lowest BCUT2D eigenvalue weighted by molar-refractivity contribution is 0.0946. The van der Waals surface area contributed by atoms with Crippen LogP contribution in [0.4, 0.5) is 5.82 Å². The van der Waals surface area contributed by atoms with Crippen molar-refractivity contribution in [1.82, 2.24) is 9.88 Å². The maximum atomic E-state index is 6.03. The molecular formula is C17H21N3OS. The maximum absolute atomic E-state index is 6.03. The predicted molar refractivity (Wildman–Crippen MR) is 89.0 cm³/mol. The monoisotopic (exact) mass is 315 g/mol. The van der Waals surface area contributed by atoms with Gasteiger partial charge in [0.1, 0.15) is 5.82 Å². The van der Waals surface area contributed by atoms with E-state index in [1.165, 1.54) is 5.56 Å². The number of pyridine rings is 1. The average molecular weight is 315 g/mol. The van der Waals surface area contributed by atoms with Crippen LogP contribution >= 0.6 is 11.3 Å². The number of thiophene rings is 1. The molecule has 0 aromatic carbocycles. The van der Waals surface area contributed by atoms with Crippen LogP contribution in [0.2, 0.25) is 0 Å². The fourth-order valence-corrected chi connectivity index (χ4v) is 4.22. The van der Waals surface area contributed by atoms with Crippen molar-refractivity contribution >= 4 is 17.2 Å². The number of anilines is 1. The minimum atomic E-state index is 0.411. The van der Waals surface area contributed by atoms with Crippen molar-refractivity contribution in [2.75, 3.05) is 31.6 Å². The molecular weight excluding hydrogens is 294 g/mol. The van der Waals surface area contributed by atoms with Crippen molar-refractivity contribution in [3.63, 3.8) is 0 Å². The molecule has 2 aromatic rings. The van der Waals surface area contributed by atoms with Crippen molar-refractivity contribution in [2.45, 2.75) is 12.6 Å².